The third-order valence-electron chi connectivity index (χ3n) is 3.55. The van der Waals surface area contributed by atoms with Crippen LogP contribution in [0.3, 0.4) is 0 Å². The van der Waals surface area contributed by atoms with Crippen molar-refractivity contribution in [3.8, 4) is 0 Å². The fourth-order valence-electron chi connectivity index (χ4n) is 2.25. The summed E-state index contributed by atoms with van der Waals surface area (Å²) in [6.07, 6.45) is 1.94. The molecule has 6 heteroatoms. The Morgan fingerprint density at radius 1 is 1.22 bits per heavy atom. The predicted octanol–water partition coefficient (Wildman–Crippen LogP) is 2.28. The Morgan fingerprint density at radius 2 is 2.00 bits per heavy atom. The first-order valence-corrected chi connectivity index (χ1v) is 7.40. The molecule has 116 valence electrons. The fraction of sp³-hybridized carbons (Fsp3) is 0.176. The van der Waals surface area contributed by atoms with E-state index in [4.69, 9.17) is 0 Å². The van der Waals surface area contributed by atoms with E-state index in [1.807, 2.05) is 55.5 Å². The van der Waals surface area contributed by atoms with Gasteiger partial charge in [0.2, 0.25) is 5.91 Å². The van der Waals surface area contributed by atoms with Gasteiger partial charge in [-0.3, -0.25) is 4.79 Å². The van der Waals surface area contributed by atoms with Gasteiger partial charge >= 0.3 is 0 Å². The number of nitrogens with one attached hydrogen (secondary N) is 1. The summed E-state index contributed by atoms with van der Waals surface area (Å²) in [7, 11) is 0. The molecule has 1 N–H and O–H groups in total. The maximum absolute atomic E-state index is 11.9. The number of para-hydroxylation sites is 1. The molecule has 1 amide bonds. The Bertz CT molecular complexity index is 853. The Balaban J connectivity index is 1.55. The molecule has 0 bridgehead atoms. The number of nitrogens with zero attached hydrogens (tertiary/aromatic N) is 4. The molecule has 1 heterocycles. The number of aryl methyl sites for hydroxylation is 2. The molecule has 3 aromatic rings. The van der Waals surface area contributed by atoms with Gasteiger partial charge in [0.05, 0.1) is 18.3 Å². The fourth-order valence-corrected chi connectivity index (χ4v) is 2.25. The highest BCUT2D eigenvalue weighted by Crippen LogP contribution is 2.09. The molecule has 3 rings (SSSR count). The number of rotatable bonds is 5. The molecule has 0 saturated carbocycles. The molecule has 1 aromatic heterocycles. The zero-order valence-electron chi connectivity index (χ0n) is 12.8. The van der Waals surface area contributed by atoms with E-state index in [2.05, 4.69) is 20.8 Å². The number of amides is 1. The highest BCUT2D eigenvalue weighted by Gasteiger charge is 2.05. The van der Waals surface area contributed by atoms with Crippen LogP contribution in [0.25, 0.3) is 11.0 Å². The highest BCUT2D eigenvalue weighted by atomic mass is 16.2. The lowest BCUT2D eigenvalue weighted by Gasteiger charge is -2.02. The molecule has 23 heavy (non-hydrogen) atoms. The summed E-state index contributed by atoms with van der Waals surface area (Å²) in [6.45, 7) is 2.46. The summed E-state index contributed by atoms with van der Waals surface area (Å²) in [5, 5.41) is 12.1. The van der Waals surface area contributed by atoms with Gasteiger partial charge in [0, 0.05) is 6.42 Å². The van der Waals surface area contributed by atoms with Crippen molar-refractivity contribution in [1.82, 2.24) is 20.4 Å². The van der Waals surface area contributed by atoms with Crippen molar-refractivity contribution >= 4 is 23.2 Å². The molecule has 2 aromatic carbocycles. The summed E-state index contributed by atoms with van der Waals surface area (Å²) in [6, 6.07) is 15.5. The lowest BCUT2D eigenvalue weighted by molar-refractivity contribution is -0.121. The van der Waals surface area contributed by atoms with Crippen LogP contribution in [0.1, 0.15) is 17.5 Å². The van der Waals surface area contributed by atoms with Crippen molar-refractivity contribution in [1.29, 1.82) is 0 Å². The number of aromatic nitrogens is 3. The minimum atomic E-state index is -0.158. The molecule has 0 aliphatic carbocycles. The third-order valence-corrected chi connectivity index (χ3v) is 3.55. The first-order valence-electron chi connectivity index (χ1n) is 7.40. The first-order chi connectivity index (χ1) is 11.2. The van der Waals surface area contributed by atoms with Gasteiger partial charge in [-0.15, -0.1) is 5.10 Å². The normalized spacial score (nSPS) is 11.2. The van der Waals surface area contributed by atoms with Gasteiger partial charge in [-0.2, -0.15) is 5.10 Å². The number of carbonyl (C=O) groups excluding carboxylic acids is 1. The number of hydrogen-bond donors (Lipinski definition) is 1. The molecule has 0 aliphatic heterocycles. The molecule has 6 nitrogen and oxygen atoms in total. The summed E-state index contributed by atoms with van der Waals surface area (Å²) >= 11 is 0. The molecule has 0 spiro atoms. The monoisotopic (exact) mass is 307 g/mol. The van der Waals surface area contributed by atoms with E-state index in [1.165, 1.54) is 0 Å². The number of benzene rings is 2. The van der Waals surface area contributed by atoms with Crippen LogP contribution >= 0.6 is 0 Å². The van der Waals surface area contributed by atoms with E-state index in [9.17, 15) is 4.79 Å². The average molecular weight is 307 g/mol. The van der Waals surface area contributed by atoms with Gasteiger partial charge in [0.15, 0.2) is 0 Å². The van der Waals surface area contributed by atoms with Gasteiger partial charge in [0.25, 0.3) is 0 Å². The molecule has 0 atom stereocenters. The third kappa shape index (κ3) is 3.60. The van der Waals surface area contributed by atoms with Crippen LogP contribution in [-0.2, 0) is 11.3 Å². The summed E-state index contributed by atoms with van der Waals surface area (Å²) in [5.41, 5.74) is 6.37. The van der Waals surface area contributed by atoms with Crippen LogP contribution in [0.15, 0.2) is 53.6 Å². The minimum Gasteiger partial charge on any atom is -0.273 e. The minimum absolute atomic E-state index is 0.158. The zero-order valence-corrected chi connectivity index (χ0v) is 12.8. The summed E-state index contributed by atoms with van der Waals surface area (Å²) < 4.78 is 1.72. The van der Waals surface area contributed by atoms with Gasteiger partial charge in [0.1, 0.15) is 5.52 Å². The van der Waals surface area contributed by atoms with Crippen molar-refractivity contribution in [3.63, 3.8) is 0 Å². The molecule has 0 aliphatic rings. The smallest absolute Gasteiger partial charge is 0.241 e. The van der Waals surface area contributed by atoms with Crippen molar-refractivity contribution in [2.24, 2.45) is 5.10 Å². The maximum atomic E-state index is 11.9. The van der Waals surface area contributed by atoms with Crippen molar-refractivity contribution in [2.45, 2.75) is 19.9 Å². The quantitative estimate of drug-likeness (QED) is 0.580. The highest BCUT2D eigenvalue weighted by molar-refractivity contribution is 5.83. The lowest BCUT2D eigenvalue weighted by atomic mass is 10.1. The van der Waals surface area contributed by atoms with E-state index in [1.54, 1.807) is 10.9 Å². The van der Waals surface area contributed by atoms with Crippen LogP contribution in [0.5, 0.6) is 0 Å². The Hall–Kier alpha value is -3.02. The second-order valence-electron chi connectivity index (χ2n) is 5.20. The van der Waals surface area contributed by atoms with E-state index < -0.39 is 0 Å². The van der Waals surface area contributed by atoms with Crippen LogP contribution in [0, 0.1) is 6.92 Å². The molecule has 0 radical (unpaired) electrons. The number of hydrogen-bond acceptors (Lipinski definition) is 4. The molecule has 0 unspecified atom stereocenters. The van der Waals surface area contributed by atoms with E-state index in [0.717, 1.165) is 22.2 Å². The Labute approximate surface area is 133 Å². The van der Waals surface area contributed by atoms with Gasteiger partial charge in [-0.25, -0.2) is 10.1 Å². The molecular weight excluding hydrogens is 290 g/mol. The van der Waals surface area contributed by atoms with Crippen LogP contribution in [0.2, 0.25) is 0 Å². The average Bonchev–Trinajstić information content (AvgIpc) is 2.98. The second kappa shape index (κ2) is 6.83. The zero-order chi connectivity index (χ0) is 16.1. The van der Waals surface area contributed by atoms with E-state index >= 15 is 0 Å². The molecule has 0 fully saturated rings. The SMILES string of the molecule is Cc1ccccc1/C=N\NC(=O)CCn1nnc2ccccc21. The van der Waals surface area contributed by atoms with Crippen molar-refractivity contribution in [2.75, 3.05) is 0 Å². The maximum Gasteiger partial charge on any atom is 0.241 e. The number of fused-ring (bicyclic) bond motifs is 1. The summed E-state index contributed by atoms with van der Waals surface area (Å²) in [5.74, 6) is -0.158. The Kier molecular flexibility index (Phi) is 4.42. The van der Waals surface area contributed by atoms with Crippen LogP contribution < -0.4 is 5.43 Å². The topological polar surface area (TPSA) is 72.2 Å². The predicted molar refractivity (Wildman–Crippen MR) is 89.1 cm³/mol. The Morgan fingerprint density at radius 3 is 2.87 bits per heavy atom. The van der Waals surface area contributed by atoms with Crippen LogP contribution in [0.4, 0.5) is 0 Å². The van der Waals surface area contributed by atoms with E-state index in [-0.39, 0.29) is 5.91 Å². The first kappa shape index (κ1) is 14.9. The van der Waals surface area contributed by atoms with Gasteiger partial charge < -0.3 is 0 Å². The largest absolute Gasteiger partial charge is 0.273 e. The second-order valence-corrected chi connectivity index (χ2v) is 5.20. The van der Waals surface area contributed by atoms with E-state index in [0.29, 0.717) is 13.0 Å². The molecular formula is C17H17N5O. The van der Waals surface area contributed by atoms with Gasteiger partial charge in [-0.05, 0) is 30.2 Å². The molecule has 0 saturated heterocycles. The number of hydrazone groups is 1. The number of carbonyl (C=O) groups is 1. The standard InChI is InChI=1S/C17H17N5O/c1-13-6-2-3-7-14(13)12-18-20-17(23)10-11-22-16-9-5-4-8-15(16)19-21-22/h2-9,12H,10-11H2,1H3,(H,20,23)/b18-12-. The van der Waals surface area contributed by atoms with Gasteiger partial charge in [-0.1, -0.05) is 41.6 Å². The van der Waals surface area contributed by atoms with Crippen molar-refractivity contribution < 1.29 is 4.79 Å². The van der Waals surface area contributed by atoms with Crippen molar-refractivity contribution in [3.05, 3.63) is 59.7 Å². The lowest BCUT2D eigenvalue weighted by Crippen LogP contribution is -2.19. The van der Waals surface area contributed by atoms with Crippen LogP contribution in [-0.4, -0.2) is 27.1 Å². The summed E-state index contributed by atoms with van der Waals surface area (Å²) in [4.78, 5) is 11.9.